The Kier molecular flexibility index (Phi) is 4.99. The highest BCUT2D eigenvalue weighted by Gasteiger charge is 2.16. The molecule has 1 heterocycles. The van der Waals surface area contributed by atoms with E-state index in [1.54, 1.807) is 6.20 Å². The zero-order valence-electron chi connectivity index (χ0n) is 11.4. The zero-order chi connectivity index (χ0) is 14.5. The molecule has 0 saturated heterocycles. The van der Waals surface area contributed by atoms with Gasteiger partial charge in [0.2, 0.25) is 5.91 Å². The molecule has 0 atom stereocenters. The van der Waals surface area contributed by atoms with E-state index in [9.17, 15) is 9.59 Å². The van der Waals surface area contributed by atoms with Crippen molar-refractivity contribution >= 4 is 11.9 Å². The lowest BCUT2D eigenvalue weighted by atomic mass is 10.1. The van der Waals surface area contributed by atoms with Gasteiger partial charge in [-0.2, -0.15) is 0 Å². The fourth-order valence-corrected chi connectivity index (χ4v) is 1.36. The van der Waals surface area contributed by atoms with E-state index in [2.05, 4.69) is 20.9 Å². The molecule has 1 rings (SSSR count). The molecule has 0 aliphatic heterocycles. The van der Waals surface area contributed by atoms with E-state index in [0.717, 1.165) is 5.69 Å². The van der Waals surface area contributed by atoms with Crippen molar-refractivity contribution in [2.24, 2.45) is 5.73 Å². The SMILES string of the molecule is CC(C)(C)NC(=O)NC(=O)Cn1cc(CCN)nn1. The van der Waals surface area contributed by atoms with Crippen LogP contribution in [0, 0.1) is 0 Å². The number of carbonyl (C=O) groups is 2. The van der Waals surface area contributed by atoms with E-state index >= 15 is 0 Å². The van der Waals surface area contributed by atoms with Gasteiger partial charge in [0.25, 0.3) is 0 Å². The van der Waals surface area contributed by atoms with Crippen LogP contribution in [0.5, 0.6) is 0 Å². The standard InChI is InChI=1S/C11H20N6O2/c1-11(2,3)14-10(19)13-9(18)7-17-6-8(4-5-12)15-16-17/h6H,4-5,7,12H2,1-3H3,(H2,13,14,18,19). The minimum atomic E-state index is -0.528. The summed E-state index contributed by atoms with van der Waals surface area (Å²) in [7, 11) is 0. The number of carbonyl (C=O) groups excluding carboxylic acids is 2. The average molecular weight is 268 g/mol. The Morgan fingerprint density at radius 2 is 2.11 bits per heavy atom. The highest BCUT2D eigenvalue weighted by atomic mass is 16.2. The molecule has 0 fully saturated rings. The van der Waals surface area contributed by atoms with Crippen molar-refractivity contribution in [3.8, 4) is 0 Å². The maximum absolute atomic E-state index is 11.6. The highest BCUT2D eigenvalue weighted by Crippen LogP contribution is 1.97. The molecule has 8 nitrogen and oxygen atoms in total. The van der Waals surface area contributed by atoms with E-state index in [1.165, 1.54) is 4.68 Å². The number of hydrogen-bond donors (Lipinski definition) is 3. The molecule has 3 amide bonds. The second kappa shape index (κ2) is 6.28. The molecule has 1 aromatic heterocycles. The summed E-state index contributed by atoms with van der Waals surface area (Å²) in [5, 5.41) is 12.5. The van der Waals surface area contributed by atoms with Crippen LogP contribution >= 0.6 is 0 Å². The topological polar surface area (TPSA) is 115 Å². The maximum Gasteiger partial charge on any atom is 0.321 e. The molecule has 0 spiro atoms. The number of nitrogens with one attached hydrogen (secondary N) is 2. The summed E-state index contributed by atoms with van der Waals surface area (Å²) in [6.45, 7) is 5.89. The number of urea groups is 1. The first kappa shape index (κ1) is 15.1. The van der Waals surface area contributed by atoms with Crippen LogP contribution in [0.1, 0.15) is 26.5 Å². The number of imide groups is 1. The van der Waals surface area contributed by atoms with Crippen molar-refractivity contribution in [3.63, 3.8) is 0 Å². The number of amides is 3. The van der Waals surface area contributed by atoms with Gasteiger partial charge in [-0.15, -0.1) is 5.10 Å². The maximum atomic E-state index is 11.6. The summed E-state index contributed by atoms with van der Waals surface area (Å²) in [6.07, 6.45) is 2.24. The molecule has 0 aromatic carbocycles. The molecule has 0 radical (unpaired) electrons. The van der Waals surface area contributed by atoms with Crippen LogP contribution in [0.3, 0.4) is 0 Å². The first-order valence-electron chi connectivity index (χ1n) is 6.01. The van der Waals surface area contributed by atoms with Crippen molar-refractivity contribution in [3.05, 3.63) is 11.9 Å². The number of nitrogens with zero attached hydrogens (tertiary/aromatic N) is 3. The zero-order valence-corrected chi connectivity index (χ0v) is 11.4. The molecule has 0 aliphatic rings. The molecule has 0 unspecified atom stereocenters. The lowest BCUT2D eigenvalue weighted by molar-refractivity contribution is -0.120. The number of nitrogens with two attached hydrogens (primary N) is 1. The van der Waals surface area contributed by atoms with Gasteiger partial charge in [0.15, 0.2) is 0 Å². The summed E-state index contributed by atoms with van der Waals surface area (Å²) >= 11 is 0. The summed E-state index contributed by atoms with van der Waals surface area (Å²) in [5.74, 6) is -0.453. The van der Waals surface area contributed by atoms with Gasteiger partial charge in [0.05, 0.1) is 5.69 Å². The van der Waals surface area contributed by atoms with Gasteiger partial charge in [-0.3, -0.25) is 10.1 Å². The smallest absolute Gasteiger partial charge is 0.321 e. The van der Waals surface area contributed by atoms with Crippen molar-refractivity contribution in [2.75, 3.05) is 6.54 Å². The molecule has 106 valence electrons. The summed E-state index contributed by atoms with van der Waals surface area (Å²) in [4.78, 5) is 23.1. The monoisotopic (exact) mass is 268 g/mol. The fourth-order valence-electron chi connectivity index (χ4n) is 1.36. The molecule has 1 aromatic rings. The average Bonchev–Trinajstić information content (AvgIpc) is 2.62. The van der Waals surface area contributed by atoms with Crippen LogP contribution in [0.4, 0.5) is 4.79 Å². The van der Waals surface area contributed by atoms with Gasteiger partial charge in [0.1, 0.15) is 6.54 Å². The van der Waals surface area contributed by atoms with E-state index < -0.39 is 17.5 Å². The number of aromatic nitrogens is 3. The predicted octanol–water partition coefficient (Wildman–Crippen LogP) is -0.596. The summed E-state index contributed by atoms with van der Waals surface area (Å²) < 4.78 is 1.37. The molecule has 4 N–H and O–H groups in total. The van der Waals surface area contributed by atoms with E-state index in [0.29, 0.717) is 13.0 Å². The third-order valence-corrected chi connectivity index (χ3v) is 2.03. The molecular formula is C11H20N6O2. The summed E-state index contributed by atoms with van der Waals surface area (Å²) in [5.41, 5.74) is 5.71. The van der Waals surface area contributed by atoms with E-state index in [4.69, 9.17) is 5.73 Å². The van der Waals surface area contributed by atoms with Crippen molar-refractivity contribution < 1.29 is 9.59 Å². The second-order valence-corrected chi connectivity index (χ2v) is 5.20. The van der Waals surface area contributed by atoms with Crippen LogP contribution in [0.25, 0.3) is 0 Å². The molecule has 8 heteroatoms. The largest absolute Gasteiger partial charge is 0.333 e. The first-order valence-corrected chi connectivity index (χ1v) is 6.01. The van der Waals surface area contributed by atoms with Crippen molar-refractivity contribution in [1.82, 2.24) is 25.6 Å². The lowest BCUT2D eigenvalue weighted by Gasteiger charge is -2.20. The van der Waals surface area contributed by atoms with Crippen LogP contribution in [-0.2, 0) is 17.8 Å². The quantitative estimate of drug-likeness (QED) is 0.674. The van der Waals surface area contributed by atoms with Crippen LogP contribution in [0.2, 0.25) is 0 Å². The van der Waals surface area contributed by atoms with Gasteiger partial charge in [-0.1, -0.05) is 5.21 Å². The first-order chi connectivity index (χ1) is 8.80. The highest BCUT2D eigenvalue weighted by molar-refractivity contribution is 5.94. The van der Waals surface area contributed by atoms with Gasteiger partial charge in [-0.25, -0.2) is 9.48 Å². The Morgan fingerprint density at radius 3 is 2.68 bits per heavy atom. The van der Waals surface area contributed by atoms with Crippen LogP contribution in [-0.4, -0.2) is 39.0 Å². The van der Waals surface area contributed by atoms with Gasteiger partial charge >= 0.3 is 6.03 Å². The van der Waals surface area contributed by atoms with Gasteiger partial charge in [0, 0.05) is 18.2 Å². The predicted molar refractivity (Wildman–Crippen MR) is 69.2 cm³/mol. The minimum absolute atomic E-state index is 0.0604. The summed E-state index contributed by atoms with van der Waals surface area (Å²) in [6, 6.07) is -0.528. The minimum Gasteiger partial charge on any atom is -0.333 e. The molecular weight excluding hydrogens is 248 g/mol. The van der Waals surface area contributed by atoms with Crippen molar-refractivity contribution in [2.45, 2.75) is 39.3 Å². The third-order valence-electron chi connectivity index (χ3n) is 2.03. The normalized spacial score (nSPS) is 11.2. The Balaban J connectivity index is 2.44. The second-order valence-electron chi connectivity index (χ2n) is 5.20. The molecule has 0 aliphatic carbocycles. The Labute approximate surface area is 111 Å². The number of hydrogen-bond acceptors (Lipinski definition) is 5. The Hall–Kier alpha value is -1.96. The van der Waals surface area contributed by atoms with Gasteiger partial charge in [-0.05, 0) is 27.3 Å². The fraction of sp³-hybridized carbons (Fsp3) is 0.636. The van der Waals surface area contributed by atoms with E-state index in [-0.39, 0.29) is 6.54 Å². The number of rotatable bonds is 4. The molecule has 0 saturated carbocycles. The van der Waals surface area contributed by atoms with E-state index in [1.807, 2.05) is 20.8 Å². The molecule has 19 heavy (non-hydrogen) atoms. The third kappa shape index (κ3) is 5.96. The molecule has 0 bridgehead atoms. The Morgan fingerprint density at radius 1 is 1.42 bits per heavy atom. The van der Waals surface area contributed by atoms with Gasteiger partial charge < -0.3 is 11.1 Å². The lowest BCUT2D eigenvalue weighted by Crippen LogP contribution is -2.48. The van der Waals surface area contributed by atoms with Crippen LogP contribution < -0.4 is 16.4 Å². The Bertz CT molecular complexity index is 448. The van der Waals surface area contributed by atoms with Crippen LogP contribution in [0.15, 0.2) is 6.20 Å². The van der Waals surface area contributed by atoms with Crippen molar-refractivity contribution in [1.29, 1.82) is 0 Å².